The van der Waals surface area contributed by atoms with Gasteiger partial charge in [0.25, 0.3) is 0 Å². The van der Waals surface area contributed by atoms with E-state index in [1.54, 1.807) is 7.05 Å². The number of nitrogens with one attached hydrogen (secondary N) is 1. The molecule has 0 unspecified atom stereocenters. The molecule has 0 aromatic rings. The highest BCUT2D eigenvalue weighted by molar-refractivity contribution is 5.83. The zero-order chi connectivity index (χ0) is 12.7. The molecule has 17 heavy (non-hydrogen) atoms. The van der Waals surface area contributed by atoms with Crippen LogP contribution in [0.2, 0.25) is 0 Å². The SMILES string of the molecule is CNC(=O)CCN(C)CC(=O)C1CCCCC1. The van der Waals surface area contributed by atoms with Crippen LogP contribution in [0, 0.1) is 5.92 Å². The molecule has 0 aromatic carbocycles. The van der Waals surface area contributed by atoms with Crippen LogP contribution in [0.1, 0.15) is 38.5 Å². The Bertz CT molecular complexity index is 260. The minimum absolute atomic E-state index is 0.0296. The molecule has 1 rings (SSSR count). The summed E-state index contributed by atoms with van der Waals surface area (Å²) in [6, 6.07) is 0. The van der Waals surface area contributed by atoms with Gasteiger partial charge in [0.05, 0.1) is 6.54 Å². The number of Topliss-reactive ketones (excluding diaryl/α,β-unsaturated/α-hetero) is 1. The van der Waals surface area contributed by atoms with E-state index in [1.807, 2.05) is 11.9 Å². The van der Waals surface area contributed by atoms with Crippen LogP contribution in [-0.2, 0) is 9.59 Å². The third-order valence-corrected chi connectivity index (χ3v) is 3.49. The van der Waals surface area contributed by atoms with E-state index in [9.17, 15) is 9.59 Å². The summed E-state index contributed by atoms with van der Waals surface area (Å²) in [6.07, 6.45) is 6.24. The third-order valence-electron chi connectivity index (χ3n) is 3.49. The van der Waals surface area contributed by atoms with Crippen molar-refractivity contribution >= 4 is 11.7 Å². The van der Waals surface area contributed by atoms with Crippen LogP contribution < -0.4 is 5.32 Å². The molecular formula is C13H24N2O2. The molecule has 1 aliphatic rings. The highest BCUT2D eigenvalue weighted by atomic mass is 16.1. The average molecular weight is 240 g/mol. The highest BCUT2D eigenvalue weighted by Gasteiger charge is 2.21. The van der Waals surface area contributed by atoms with E-state index in [0.29, 0.717) is 25.3 Å². The molecule has 0 radical (unpaired) electrons. The minimum atomic E-state index is 0.0296. The quantitative estimate of drug-likeness (QED) is 0.759. The van der Waals surface area contributed by atoms with Crippen molar-refractivity contribution in [1.82, 2.24) is 10.2 Å². The van der Waals surface area contributed by atoms with Crippen LogP contribution >= 0.6 is 0 Å². The first-order valence-electron chi connectivity index (χ1n) is 6.55. The summed E-state index contributed by atoms with van der Waals surface area (Å²) in [5.41, 5.74) is 0. The molecule has 98 valence electrons. The average Bonchev–Trinajstić information content (AvgIpc) is 2.36. The predicted molar refractivity (Wildman–Crippen MR) is 67.8 cm³/mol. The summed E-state index contributed by atoms with van der Waals surface area (Å²) < 4.78 is 0. The van der Waals surface area contributed by atoms with Gasteiger partial charge in [-0.25, -0.2) is 0 Å². The van der Waals surface area contributed by atoms with Crippen molar-refractivity contribution in [2.24, 2.45) is 5.92 Å². The van der Waals surface area contributed by atoms with Gasteiger partial charge < -0.3 is 5.32 Å². The number of rotatable bonds is 6. The second-order valence-electron chi connectivity index (χ2n) is 4.96. The normalized spacial score (nSPS) is 17.1. The molecule has 0 heterocycles. The maximum absolute atomic E-state index is 12.0. The topological polar surface area (TPSA) is 49.4 Å². The first-order valence-corrected chi connectivity index (χ1v) is 6.55. The van der Waals surface area contributed by atoms with Gasteiger partial charge in [-0.2, -0.15) is 0 Å². The van der Waals surface area contributed by atoms with Gasteiger partial charge in [0.15, 0.2) is 0 Å². The van der Waals surface area contributed by atoms with Crippen LogP contribution in [0.3, 0.4) is 0 Å². The Labute approximate surface area is 104 Å². The fourth-order valence-corrected chi connectivity index (χ4v) is 2.32. The monoisotopic (exact) mass is 240 g/mol. The molecule has 1 amide bonds. The summed E-state index contributed by atoms with van der Waals surface area (Å²) >= 11 is 0. The summed E-state index contributed by atoms with van der Waals surface area (Å²) in [6.45, 7) is 1.14. The molecule has 0 aromatic heterocycles. The summed E-state index contributed by atoms with van der Waals surface area (Å²) in [4.78, 5) is 25.0. The van der Waals surface area contributed by atoms with E-state index >= 15 is 0 Å². The Morgan fingerprint density at radius 1 is 1.24 bits per heavy atom. The zero-order valence-electron chi connectivity index (χ0n) is 11.0. The van der Waals surface area contributed by atoms with Crippen molar-refractivity contribution in [3.05, 3.63) is 0 Å². The molecule has 4 nitrogen and oxygen atoms in total. The Morgan fingerprint density at radius 3 is 2.47 bits per heavy atom. The van der Waals surface area contributed by atoms with Crippen molar-refractivity contribution < 1.29 is 9.59 Å². The molecular weight excluding hydrogens is 216 g/mol. The first-order chi connectivity index (χ1) is 8.13. The molecule has 4 heteroatoms. The van der Waals surface area contributed by atoms with Gasteiger partial charge in [-0.05, 0) is 19.9 Å². The number of hydrogen-bond acceptors (Lipinski definition) is 3. The van der Waals surface area contributed by atoms with Crippen molar-refractivity contribution in [1.29, 1.82) is 0 Å². The lowest BCUT2D eigenvalue weighted by Gasteiger charge is -2.23. The summed E-state index contributed by atoms with van der Waals surface area (Å²) in [5, 5.41) is 2.59. The molecule has 0 aliphatic heterocycles. The number of ketones is 1. The van der Waals surface area contributed by atoms with Crippen LogP contribution in [0.25, 0.3) is 0 Å². The molecule has 1 aliphatic carbocycles. The first kappa shape index (κ1) is 14.2. The van der Waals surface area contributed by atoms with Gasteiger partial charge in [0.2, 0.25) is 5.91 Å². The summed E-state index contributed by atoms with van der Waals surface area (Å²) in [5.74, 6) is 0.650. The lowest BCUT2D eigenvalue weighted by molar-refractivity contribution is -0.125. The second kappa shape index (κ2) is 7.43. The van der Waals surface area contributed by atoms with Crippen LogP contribution in [0.4, 0.5) is 0 Å². The van der Waals surface area contributed by atoms with E-state index in [4.69, 9.17) is 0 Å². The predicted octanol–water partition coefficient (Wildman–Crippen LogP) is 1.20. The van der Waals surface area contributed by atoms with Crippen molar-refractivity contribution in [3.8, 4) is 0 Å². The number of hydrogen-bond donors (Lipinski definition) is 1. The van der Waals surface area contributed by atoms with Gasteiger partial charge in [0, 0.05) is 25.9 Å². The standard InChI is InChI=1S/C13H24N2O2/c1-14-13(17)8-9-15(2)10-12(16)11-6-4-3-5-7-11/h11H,3-10H2,1-2H3,(H,14,17). The number of carbonyl (C=O) groups excluding carboxylic acids is 2. The fourth-order valence-electron chi connectivity index (χ4n) is 2.32. The lowest BCUT2D eigenvalue weighted by atomic mass is 9.86. The van der Waals surface area contributed by atoms with Crippen LogP contribution in [-0.4, -0.2) is 43.8 Å². The smallest absolute Gasteiger partial charge is 0.221 e. The van der Waals surface area contributed by atoms with Gasteiger partial charge >= 0.3 is 0 Å². The van der Waals surface area contributed by atoms with Gasteiger partial charge in [-0.15, -0.1) is 0 Å². The fraction of sp³-hybridized carbons (Fsp3) is 0.846. The Kier molecular flexibility index (Phi) is 6.19. The highest BCUT2D eigenvalue weighted by Crippen LogP contribution is 2.24. The largest absolute Gasteiger partial charge is 0.359 e. The number of likely N-dealkylation sites (N-methyl/N-ethyl adjacent to an activating group) is 1. The van der Waals surface area contributed by atoms with Crippen molar-refractivity contribution in [2.45, 2.75) is 38.5 Å². The molecule has 0 spiro atoms. The van der Waals surface area contributed by atoms with E-state index in [-0.39, 0.29) is 11.8 Å². The number of carbonyl (C=O) groups is 2. The van der Waals surface area contributed by atoms with E-state index in [0.717, 1.165) is 12.8 Å². The van der Waals surface area contributed by atoms with E-state index in [1.165, 1.54) is 19.3 Å². The number of amides is 1. The Morgan fingerprint density at radius 2 is 1.88 bits per heavy atom. The molecule has 0 atom stereocenters. The zero-order valence-corrected chi connectivity index (χ0v) is 11.0. The maximum Gasteiger partial charge on any atom is 0.221 e. The molecule has 0 saturated heterocycles. The second-order valence-corrected chi connectivity index (χ2v) is 4.96. The molecule has 0 bridgehead atoms. The summed E-state index contributed by atoms with van der Waals surface area (Å²) in [7, 11) is 3.54. The lowest BCUT2D eigenvalue weighted by Crippen LogP contribution is -2.33. The van der Waals surface area contributed by atoms with E-state index < -0.39 is 0 Å². The molecule has 1 saturated carbocycles. The van der Waals surface area contributed by atoms with Crippen LogP contribution in [0.15, 0.2) is 0 Å². The Balaban J connectivity index is 2.22. The molecule has 1 N–H and O–H groups in total. The van der Waals surface area contributed by atoms with Gasteiger partial charge in [0.1, 0.15) is 5.78 Å². The molecule has 1 fully saturated rings. The van der Waals surface area contributed by atoms with Gasteiger partial charge in [-0.3, -0.25) is 14.5 Å². The van der Waals surface area contributed by atoms with Crippen molar-refractivity contribution in [2.75, 3.05) is 27.2 Å². The third kappa shape index (κ3) is 5.31. The maximum atomic E-state index is 12.0. The Hall–Kier alpha value is -0.900. The van der Waals surface area contributed by atoms with Crippen LogP contribution in [0.5, 0.6) is 0 Å². The van der Waals surface area contributed by atoms with E-state index in [2.05, 4.69) is 5.32 Å². The van der Waals surface area contributed by atoms with Crippen molar-refractivity contribution in [3.63, 3.8) is 0 Å². The number of nitrogens with zero attached hydrogens (tertiary/aromatic N) is 1. The minimum Gasteiger partial charge on any atom is -0.359 e. The van der Waals surface area contributed by atoms with Gasteiger partial charge in [-0.1, -0.05) is 19.3 Å².